The van der Waals surface area contributed by atoms with Crippen LogP contribution in [0.2, 0.25) is 0 Å². The first kappa shape index (κ1) is 46.6. The highest BCUT2D eigenvalue weighted by Crippen LogP contribution is 2.41. The Bertz CT molecular complexity index is 1180. The van der Waals surface area contributed by atoms with Gasteiger partial charge in [-0.3, -0.25) is 19.2 Å². The van der Waals surface area contributed by atoms with Crippen LogP contribution in [0.5, 0.6) is 0 Å². The van der Waals surface area contributed by atoms with Crippen LogP contribution in [0.1, 0.15) is 199 Å². The number of nitrogens with one attached hydrogen (secondary N) is 4. The molecule has 8 nitrogen and oxygen atoms in total. The van der Waals surface area contributed by atoms with Gasteiger partial charge in [-0.1, -0.05) is 83.1 Å². The van der Waals surface area contributed by atoms with Crippen LogP contribution in [-0.4, -0.2) is 47.8 Å². The standard InChI is InChI=1S/C48H86N4O4/c1-45(2,3)31-13-21-35(22-14-31)49-41(53)29-39(43(55)51-37-25-17-33(18-26-37)47(7,8)9)40(44(56)52-38-27-19-34(20-28-38)48(10,11)12)30-42(54)50-36-23-15-32(16-24-36)46(4,5)6/h31-40H,13-30H2,1-12H3,(H,49,53)(H,50,54)(H,51,55)(H,52,56). The number of hydrogen-bond acceptors (Lipinski definition) is 4. The quantitative estimate of drug-likeness (QED) is 0.167. The molecule has 4 fully saturated rings. The summed E-state index contributed by atoms with van der Waals surface area (Å²) in [6.45, 7) is 27.5. The normalized spacial score (nSPS) is 30.7. The average molecular weight is 783 g/mol. The molecule has 56 heavy (non-hydrogen) atoms. The highest BCUT2D eigenvalue weighted by Gasteiger charge is 2.41. The number of hydrogen-bond donors (Lipinski definition) is 4. The van der Waals surface area contributed by atoms with Crippen molar-refractivity contribution in [1.82, 2.24) is 21.3 Å². The molecular weight excluding hydrogens is 697 g/mol. The molecule has 0 aliphatic heterocycles. The van der Waals surface area contributed by atoms with Crippen molar-refractivity contribution in [1.29, 1.82) is 0 Å². The number of carbonyl (C=O) groups is 4. The van der Waals surface area contributed by atoms with Gasteiger partial charge in [-0.25, -0.2) is 0 Å². The van der Waals surface area contributed by atoms with Gasteiger partial charge < -0.3 is 21.3 Å². The molecule has 2 unspecified atom stereocenters. The summed E-state index contributed by atoms with van der Waals surface area (Å²) in [5.41, 5.74) is 0.916. The van der Waals surface area contributed by atoms with Crippen LogP contribution in [-0.2, 0) is 19.2 Å². The van der Waals surface area contributed by atoms with Gasteiger partial charge in [0.25, 0.3) is 0 Å². The molecule has 0 spiro atoms. The second kappa shape index (κ2) is 19.3. The Hall–Kier alpha value is -2.12. The zero-order valence-corrected chi connectivity index (χ0v) is 38.1. The van der Waals surface area contributed by atoms with E-state index in [2.05, 4.69) is 104 Å². The van der Waals surface area contributed by atoms with E-state index < -0.39 is 11.8 Å². The Morgan fingerprint density at radius 2 is 0.554 bits per heavy atom. The van der Waals surface area contributed by atoms with Crippen molar-refractivity contribution in [3.63, 3.8) is 0 Å². The minimum absolute atomic E-state index is 0.00236. The molecule has 4 aliphatic rings. The van der Waals surface area contributed by atoms with Crippen molar-refractivity contribution in [2.24, 2.45) is 57.2 Å². The highest BCUT2D eigenvalue weighted by molar-refractivity contribution is 5.94. The zero-order chi connectivity index (χ0) is 41.6. The molecule has 4 rings (SSSR count). The van der Waals surface area contributed by atoms with Gasteiger partial charge in [0.05, 0.1) is 11.8 Å². The molecule has 322 valence electrons. The van der Waals surface area contributed by atoms with Crippen LogP contribution in [0, 0.1) is 57.2 Å². The maximum Gasteiger partial charge on any atom is 0.224 e. The van der Waals surface area contributed by atoms with E-state index in [9.17, 15) is 19.2 Å². The lowest BCUT2D eigenvalue weighted by atomic mass is 9.71. The second-order valence-electron chi connectivity index (χ2n) is 23.4. The lowest BCUT2D eigenvalue weighted by Crippen LogP contribution is -2.51. The first-order valence-electron chi connectivity index (χ1n) is 23.1. The van der Waals surface area contributed by atoms with Crippen LogP contribution in [0.4, 0.5) is 0 Å². The van der Waals surface area contributed by atoms with Crippen LogP contribution >= 0.6 is 0 Å². The number of amides is 4. The fourth-order valence-corrected chi connectivity index (χ4v) is 10.8. The summed E-state index contributed by atoms with van der Waals surface area (Å²) in [6.07, 6.45) is 15.4. The molecule has 2 atom stereocenters. The lowest BCUT2D eigenvalue weighted by Gasteiger charge is -2.39. The molecule has 8 heteroatoms. The molecule has 0 radical (unpaired) electrons. The smallest absolute Gasteiger partial charge is 0.224 e. The fourth-order valence-electron chi connectivity index (χ4n) is 10.8. The van der Waals surface area contributed by atoms with E-state index in [0.717, 1.165) is 103 Å². The van der Waals surface area contributed by atoms with Crippen LogP contribution in [0.25, 0.3) is 0 Å². The zero-order valence-electron chi connectivity index (χ0n) is 38.1. The molecule has 4 amide bonds. The number of carbonyl (C=O) groups excluding carboxylic acids is 4. The van der Waals surface area contributed by atoms with Gasteiger partial charge in [-0.2, -0.15) is 0 Å². The molecule has 0 heterocycles. The third-order valence-electron chi connectivity index (χ3n) is 15.2. The molecule has 4 aliphatic carbocycles. The second-order valence-corrected chi connectivity index (χ2v) is 23.4. The summed E-state index contributed by atoms with van der Waals surface area (Å²) < 4.78 is 0. The number of rotatable bonds is 11. The molecule has 0 aromatic heterocycles. The van der Waals surface area contributed by atoms with Crippen molar-refractivity contribution in [2.45, 2.75) is 223 Å². The van der Waals surface area contributed by atoms with Crippen LogP contribution < -0.4 is 21.3 Å². The molecule has 4 saturated carbocycles. The van der Waals surface area contributed by atoms with Gasteiger partial charge in [0.15, 0.2) is 0 Å². The van der Waals surface area contributed by atoms with E-state index in [0.29, 0.717) is 23.7 Å². The summed E-state index contributed by atoms with van der Waals surface area (Å²) in [5.74, 6) is -0.331. The van der Waals surface area contributed by atoms with Crippen LogP contribution in [0.15, 0.2) is 0 Å². The van der Waals surface area contributed by atoms with E-state index in [4.69, 9.17) is 0 Å². The summed E-state index contributed by atoms with van der Waals surface area (Å²) >= 11 is 0. The summed E-state index contributed by atoms with van der Waals surface area (Å²) in [6, 6.07) is 0.133. The summed E-state index contributed by atoms with van der Waals surface area (Å²) in [7, 11) is 0. The third-order valence-corrected chi connectivity index (χ3v) is 15.2. The Labute approximate surface area is 343 Å². The van der Waals surface area contributed by atoms with Gasteiger partial charge in [0.2, 0.25) is 23.6 Å². The fraction of sp³-hybridized carbons (Fsp3) is 0.917. The van der Waals surface area contributed by atoms with Gasteiger partial charge in [-0.15, -0.1) is 0 Å². The van der Waals surface area contributed by atoms with Gasteiger partial charge in [0, 0.05) is 37.0 Å². The minimum atomic E-state index is -0.936. The van der Waals surface area contributed by atoms with Crippen molar-refractivity contribution < 1.29 is 19.2 Å². The van der Waals surface area contributed by atoms with Gasteiger partial charge in [-0.05, 0) is 148 Å². The van der Waals surface area contributed by atoms with Crippen LogP contribution in [0.3, 0.4) is 0 Å². The summed E-state index contributed by atoms with van der Waals surface area (Å²) in [5, 5.41) is 13.2. The maximum absolute atomic E-state index is 14.6. The van der Waals surface area contributed by atoms with E-state index in [-0.39, 0.29) is 82.3 Å². The predicted octanol–water partition coefficient (Wildman–Crippen LogP) is 9.88. The van der Waals surface area contributed by atoms with E-state index in [1.54, 1.807) is 0 Å². The molecular formula is C48H86N4O4. The summed E-state index contributed by atoms with van der Waals surface area (Å²) in [4.78, 5) is 57.1. The van der Waals surface area contributed by atoms with Crippen molar-refractivity contribution in [3.05, 3.63) is 0 Å². The average Bonchev–Trinajstić information content (AvgIpc) is 3.09. The molecule has 0 bridgehead atoms. The third kappa shape index (κ3) is 14.0. The molecule has 0 saturated heterocycles. The monoisotopic (exact) mass is 783 g/mol. The molecule has 0 aromatic rings. The Morgan fingerprint density at radius 3 is 0.750 bits per heavy atom. The topological polar surface area (TPSA) is 116 Å². The van der Waals surface area contributed by atoms with Crippen molar-refractivity contribution in [3.8, 4) is 0 Å². The lowest BCUT2D eigenvalue weighted by molar-refractivity contribution is -0.141. The first-order valence-corrected chi connectivity index (χ1v) is 23.1. The van der Waals surface area contributed by atoms with Gasteiger partial charge >= 0.3 is 0 Å². The molecule has 0 aromatic carbocycles. The van der Waals surface area contributed by atoms with E-state index in [1.807, 2.05) is 0 Å². The van der Waals surface area contributed by atoms with Crippen molar-refractivity contribution in [2.75, 3.05) is 0 Å². The predicted molar refractivity (Wildman–Crippen MR) is 230 cm³/mol. The Morgan fingerprint density at radius 1 is 0.357 bits per heavy atom. The Kier molecular flexibility index (Phi) is 16.0. The van der Waals surface area contributed by atoms with E-state index >= 15 is 0 Å². The van der Waals surface area contributed by atoms with Gasteiger partial charge in [0.1, 0.15) is 0 Å². The molecule has 4 N–H and O–H groups in total. The first-order chi connectivity index (χ1) is 25.9. The van der Waals surface area contributed by atoms with E-state index in [1.165, 1.54) is 0 Å². The Balaban J connectivity index is 1.53. The minimum Gasteiger partial charge on any atom is -0.353 e. The van der Waals surface area contributed by atoms with Crippen molar-refractivity contribution >= 4 is 23.6 Å². The largest absolute Gasteiger partial charge is 0.353 e. The maximum atomic E-state index is 14.6. The SMILES string of the molecule is CC(C)(C)C1CCC(NC(=O)CC(C(=O)NC2CCC(C(C)(C)C)CC2)C(CC(=O)NC2CCC(C(C)(C)C)CC2)C(=O)NC2CCC(C(C)(C)C)CC2)CC1. The highest BCUT2D eigenvalue weighted by atomic mass is 16.2.